The van der Waals surface area contributed by atoms with E-state index in [0.29, 0.717) is 24.1 Å². The third-order valence-electron chi connectivity index (χ3n) is 4.10. The van der Waals surface area contributed by atoms with Crippen molar-refractivity contribution in [2.24, 2.45) is 5.41 Å². The fraction of sp³-hybridized carbons (Fsp3) is 0.438. The minimum Gasteiger partial charge on any atom is -0.481 e. The van der Waals surface area contributed by atoms with Gasteiger partial charge in [0.15, 0.2) is 0 Å². The number of rotatable bonds is 5. The van der Waals surface area contributed by atoms with Gasteiger partial charge in [0.25, 0.3) is 5.91 Å². The highest BCUT2D eigenvalue weighted by Gasteiger charge is 2.45. The molecule has 0 saturated heterocycles. The molecule has 0 bridgehead atoms. The van der Waals surface area contributed by atoms with Crippen molar-refractivity contribution in [2.45, 2.75) is 25.7 Å². The van der Waals surface area contributed by atoms with Crippen molar-refractivity contribution in [3.8, 4) is 0 Å². The molecule has 0 aromatic heterocycles. The predicted octanol–water partition coefficient (Wildman–Crippen LogP) is 1.97. The van der Waals surface area contributed by atoms with Gasteiger partial charge in [0.05, 0.1) is 16.7 Å². The number of carboxylic acid groups (broad SMARTS) is 1. The summed E-state index contributed by atoms with van der Waals surface area (Å²) in [4.78, 5) is 37.0. The van der Waals surface area contributed by atoms with Crippen molar-refractivity contribution in [1.82, 2.24) is 4.90 Å². The van der Waals surface area contributed by atoms with Crippen LogP contribution in [-0.2, 0) is 9.59 Å². The second-order valence-corrected chi connectivity index (χ2v) is 5.91. The van der Waals surface area contributed by atoms with E-state index in [1.54, 1.807) is 38.4 Å². The Kier molecular flexibility index (Phi) is 4.49. The summed E-state index contributed by atoms with van der Waals surface area (Å²) in [6.45, 7) is 0. The molecule has 6 heteroatoms. The first-order valence-electron chi connectivity index (χ1n) is 7.20. The summed E-state index contributed by atoms with van der Waals surface area (Å²) in [7, 11) is 3.27. The number of carbonyl (C=O) groups is 3. The normalized spacial score (nSPS) is 15.5. The Morgan fingerprint density at radius 2 is 1.86 bits per heavy atom. The number of hydrogen-bond acceptors (Lipinski definition) is 3. The molecule has 1 aromatic carbocycles. The number of carbonyl (C=O) groups excluding carboxylic acids is 2. The van der Waals surface area contributed by atoms with Crippen LogP contribution in [0.4, 0.5) is 5.69 Å². The summed E-state index contributed by atoms with van der Waals surface area (Å²) in [6.07, 6.45) is 1.81. The minimum atomic E-state index is -0.940. The van der Waals surface area contributed by atoms with Gasteiger partial charge in [-0.2, -0.15) is 0 Å². The molecule has 1 fully saturated rings. The van der Waals surface area contributed by atoms with Gasteiger partial charge in [0.2, 0.25) is 5.91 Å². The standard InChI is InChI=1S/C16H20N2O4/c1-18(2)14(20)11-6-3-4-7-12(11)17-13(19)10-16(15(21)22)8-5-9-16/h3-4,6-7H,5,8-10H2,1-2H3,(H,17,19)(H,21,22). The van der Waals surface area contributed by atoms with Crippen LogP contribution < -0.4 is 5.32 Å². The molecule has 0 spiro atoms. The molecule has 0 unspecified atom stereocenters. The molecule has 0 radical (unpaired) electrons. The quantitative estimate of drug-likeness (QED) is 0.870. The number of nitrogens with zero attached hydrogens (tertiary/aromatic N) is 1. The Labute approximate surface area is 129 Å². The smallest absolute Gasteiger partial charge is 0.310 e. The second-order valence-electron chi connectivity index (χ2n) is 5.91. The highest BCUT2D eigenvalue weighted by molar-refractivity contribution is 6.04. The van der Waals surface area contributed by atoms with E-state index >= 15 is 0 Å². The van der Waals surface area contributed by atoms with E-state index in [9.17, 15) is 19.5 Å². The molecule has 1 aromatic rings. The number of carboxylic acids is 1. The SMILES string of the molecule is CN(C)C(=O)c1ccccc1NC(=O)CC1(C(=O)O)CCC1. The van der Waals surface area contributed by atoms with Crippen molar-refractivity contribution in [3.63, 3.8) is 0 Å². The molecule has 0 aliphatic heterocycles. The van der Waals surface area contributed by atoms with Gasteiger partial charge < -0.3 is 15.3 Å². The number of nitrogens with one attached hydrogen (secondary N) is 1. The topological polar surface area (TPSA) is 86.7 Å². The van der Waals surface area contributed by atoms with Gasteiger partial charge in [0.1, 0.15) is 0 Å². The van der Waals surface area contributed by atoms with Crippen LogP contribution >= 0.6 is 0 Å². The summed E-state index contributed by atoms with van der Waals surface area (Å²) in [5.74, 6) is -1.51. The Balaban J connectivity index is 2.12. The molecular weight excluding hydrogens is 284 g/mol. The van der Waals surface area contributed by atoms with Gasteiger partial charge in [-0.1, -0.05) is 18.6 Å². The van der Waals surface area contributed by atoms with Crippen molar-refractivity contribution in [1.29, 1.82) is 0 Å². The third-order valence-corrected chi connectivity index (χ3v) is 4.10. The minimum absolute atomic E-state index is 0.0627. The lowest BCUT2D eigenvalue weighted by Crippen LogP contribution is -2.41. The van der Waals surface area contributed by atoms with E-state index in [1.165, 1.54) is 4.90 Å². The molecule has 2 rings (SSSR count). The monoisotopic (exact) mass is 304 g/mol. The molecular formula is C16H20N2O4. The molecule has 0 heterocycles. The fourth-order valence-corrected chi connectivity index (χ4v) is 2.59. The van der Waals surface area contributed by atoms with Gasteiger partial charge in [-0.05, 0) is 25.0 Å². The Morgan fingerprint density at radius 1 is 1.23 bits per heavy atom. The summed E-state index contributed by atoms with van der Waals surface area (Å²) >= 11 is 0. The highest BCUT2D eigenvalue weighted by atomic mass is 16.4. The molecule has 22 heavy (non-hydrogen) atoms. The maximum atomic E-state index is 12.2. The van der Waals surface area contributed by atoms with E-state index in [1.807, 2.05) is 0 Å². The van der Waals surface area contributed by atoms with Crippen LogP contribution in [0.2, 0.25) is 0 Å². The molecule has 118 valence electrons. The number of benzene rings is 1. The van der Waals surface area contributed by atoms with Gasteiger partial charge in [-0.25, -0.2) is 0 Å². The van der Waals surface area contributed by atoms with Gasteiger partial charge in [-0.15, -0.1) is 0 Å². The third kappa shape index (κ3) is 3.10. The predicted molar refractivity (Wildman–Crippen MR) is 81.6 cm³/mol. The molecule has 2 amide bonds. The fourth-order valence-electron chi connectivity index (χ4n) is 2.59. The molecule has 1 aliphatic carbocycles. The number of anilines is 1. The zero-order chi connectivity index (χ0) is 16.3. The first kappa shape index (κ1) is 16.0. The molecule has 1 aliphatic rings. The summed E-state index contributed by atoms with van der Waals surface area (Å²) < 4.78 is 0. The first-order chi connectivity index (χ1) is 10.4. The van der Waals surface area contributed by atoms with Crippen molar-refractivity contribution < 1.29 is 19.5 Å². The largest absolute Gasteiger partial charge is 0.481 e. The molecule has 6 nitrogen and oxygen atoms in total. The average Bonchev–Trinajstić information content (AvgIpc) is 2.42. The molecule has 0 atom stereocenters. The van der Waals surface area contributed by atoms with E-state index in [0.717, 1.165) is 6.42 Å². The lowest BCUT2D eigenvalue weighted by Gasteiger charge is -2.36. The lowest BCUT2D eigenvalue weighted by molar-refractivity contribution is -0.157. The van der Waals surface area contributed by atoms with E-state index < -0.39 is 11.4 Å². The van der Waals surface area contributed by atoms with Crippen molar-refractivity contribution >= 4 is 23.5 Å². The van der Waals surface area contributed by atoms with Crippen molar-refractivity contribution in [2.75, 3.05) is 19.4 Å². The number of para-hydroxylation sites is 1. The van der Waals surface area contributed by atoms with Gasteiger partial charge in [-0.3, -0.25) is 14.4 Å². The Hall–Kier alpha value is -2.37. The number of amides is 2. The highest BCUT2D eigenvalue weighted by Crippen LogP contribution is 2.44. The number of hydrogen-bond donors (Lipinski definition) is 2. The van der Waals surface area contributed by atoms with E-state index in [4.69, 9.17) is 0 Å². The van der Waals surface area contributed by atoms with Crippen LogP contribution in [0.1, 0.15) is 36.0 Å². The maximum absolute atomic E-state index is 12.2. The van der Waals surface area contributed by atoms with Crippen LogP contribution in [0.3, 0.4) is 0 Å². The first-order valence-corrected chi connectivity index (χ1v) is 7.20. The number of aliphatic carboxylic acids is 1. The summed E-state index contributed by atoms with van der Waals surface area (Å²) in [5, 5.41) is 11.9. The van der Waals surface area contributed by atoms with E-state index in [-0.39, 0.29) is 18.2 Å². The summed E-state index contributed by atoms with van der Waals surface area (Å²) in [6, 6.07) is 6.71. The summed E-state index contributed by atoms with van der Waals surface area (Å²) in [5.41, 5.74) is -0.144. The Morgan fingerprint density at radius 3 is 2.36 bits per heavy atom. The molecule has 1 saturated carbocycles. The van der Waals surface area contributed by atoms with Crippen LogP contribution in [0.5, 0.6) is 0 Å². The lowest BCUT2D eigenvalue weighted by atomic mass is 9.66. The van der Waals surface area contributed by atoms with Crippen LogP contribution in [0.15, 0.2) is 24.3 Å². The van der Waals surface area contributed by atoms with Crippen LogP contribution in [0.25, 0.3) is 0 Å². The zero-order valence-corrected chi connectivity index (χ0v) is 12.8. The Bertz CT molecular complexity index is 606. The average molecular weight is 304 g/mol. The molecule has 2 N–H and O–H groups in total. The van der Waals surface area contributed by atoms with Crippen LogP contribution in [0, 0.1) is 5.41 Å². The van der Waals surface area contributed by atoms with Crippen molar-refractivity contribution in [3.05, 3.63) is 29.8 Å². The second kappa shape index (κ2) is 6.17. The maximum Gasteiger partial charge on any atom is 0.310 e. The zero-order valence-electron chi connectivity index (χ0n) is 12.8. The van der Waals surface area contributed by atoms with Crippen LogP contribution in [-0.4, -0.2) is 41.9 Å². The van der Waals surface area contributed by atoms with Gasteiger partial charge >= 0.3 is 5.97 Å². The van der Waals surface area contributed by atoms with E-state index in [2.05, 4.69) is 5.32 Å². The van der Waals surface area contributed by atoms with Gasteiger partial charge in [0, 0.05) is 20.5 Å².